The molecule has 2 N–H and O–H groups in total. The average molecular weight is 270 g/mol. The van der Waals surface area contributed by atoms with Crippen LogP contribution in [0.1, 0.15) is 18.9 Å². The average Bonchev–Trinajstić information content (AvgIpc) is 2.90. The topological polar surface area (TPSA) is 83.8 Å². The van der Waals surface area contributed by atoms with Crippen LogP contribution >= 0.6 is 0 Å². The minimum atomic E-state index is -2.91. The number of aliphatic hydroxyl groups is 1. The number of nitrogens with one attached hydrogen (secondary N) is 1. The molecule has 0 unspecified atom stereocenters. The van der Waals surface area contributed by atoms with Crippen molar-refractivity contribution in [1.29, 1.82) is 0 Å². The van der Waals surface area contributed by atoms with Gasteiger partial charge in [-0.05, 0) is 6.42 Å². The van der Waals surface area contributed by atoms with Gasteiger partial charge in [0.05, 0.1) is 19.3 Å². The number of aromatic amines is 1. The molecule has 1 fully saturated rings. The molecule has 3 rings (SSSR count). The van der Waals surface area contributed by atoms with Gasteiger partial charge < -0.3 is 14.7 Å². The van der Waals surface area contributed by atoms with Crippen LogP contribution in [-0.2, 0) is 0 Å². The summed E-state index contributed by atoms with van der Waals surface area (Å²) in [5, 5.41) is 9.00. The number of imidazole rings is 1. The summed E-state index contributed by atoms with van der Waals surface area (Å²) in [5.74, 6) is -3.96. The Morgan fingerprint density at radius 3 is 3.00 bits per heavy atom. The van der Waals surface area contributed by atoms with Gasteiger partial charge in [0.25, 0.3) is 11.5 Å². The monoisotopic (exact) mass is 270 g/mol. The van der Waals surface area contributed by atoms with Crippen molar-refractivity contribution in [3.63, 3.8) is 0 Å². The Labute approximate surface area is 106 Å². The van der Waals surface area contributed by atoms with Gasteiger partial charge in [-0.3, -0.25) is 4.79 Å². The fraction of sp³-hybridized carbons (Fsp3) is 0.545. The van der Waals surface area contributed by atoms with E-state index in [9.17, 15) is 13.6 Å². The second kappa shape index (κ2) is 4.09. The summed E-state index contributed by atoms with van der Waals surface area (Å²) < 4.78 is 28.8. The molecule has 0 aliphatic heterocycles. The minimum Gasteiger partial charge on any atom is -0.396 e. The van der Waals surface area contributed by atoms with Crippen molar-refractivity contribution < 1.29 is 13.9 Å². The summed E-state index contributed by atoms with van der Waals surface area (Å²) in [5.41, 5.74) is 0.0358. The first kappa shape index (κ1) is 12.2. The third kappa shape index (κ3) is 1.83. The van der Waals surface area contributed by atoms with Crippen LogP contribution < -0.4 is 5.56 Å². The maximum Gasteiger partial charge on any atom is 0.278 e. The van der Waals surface area contributed by atoms with Crippen LogP contribution in [0.5, 0.6) is 0 Å². The Balaban J connectivity index is 2.03. The fourth-order valence-corrected chi connectivity index (χ4v) is 2.62. The first-order chi connectivity index (χ1) is 9.03. The van der Waals surface area contributed by atoms with Crippen LogP contribution in [0.3, 0.4) is 0 Å². The van der Waals surface area contributed by atoms with Crippen molar-refractivity contribution in [2.45, 2.75) is 24.8 Å². The molecule has 0 radical (unpaired) electrons. The second-order valence-corrected chi connectivity index (χ2v) is 4.79. The number of aliphatic hydroxyl groups excluding tert-OH is 1. The summed E-state index contributed by atoms with van der Waals surface area (Å²) in [7, 11) is 0. The van der Waals surface area contributed by atoms with Gasteiger partial charge in [-0.2, -0.15) is 0 Å². The lowest BCUT2D eigenvalue weighted by molar-refractivity contribution is -0.0551. The second-order valence-electron chi connectivity index (χ2n) is 4.79. The number of nitrogens with zero attached hydrogens (tertiary/aromatic N) is 3. The van der Waals surface area contributed by atoms with E-state index in [0.29, 0.717) is 5.65 Å². The number of halogens is 2. The predicted octanol–water partition coefficient (Wildman–Crippen LogP) is 0.698. The number of aromatic nitrogens is 4. The summed E-state index contributed by atoms with van der Waals surface area (Å²) in [6.07, 6.45) is 2.34. The number of alkyl halides is 2. The highest BCUT2D eigenvalue weighted by molar-refractivity contribution is 5.68. The molecule has 19 heavy (non-hydrogen) atoms. The van der Waals surface area contributed by atoms with E-state index in [2.05, 4.69) is 15.0 Å². The van der Waals surface area contributed by atoms with Gasteiger partial charge in [-0.25, -0.2) is 18.7 Å². The van der Waals surface area contributed by atoms with Crippen LogP contribution in [0.15, 0.2) is 17.4 Å². The van der Waals surface area contributed by atoms with E-state index < -0.39 is 30.0 Å². The van der Waals surface area contributed by atoms with Crippen molar-refractivity contribution in [3.05, 3.63) is 23.0 Å². The van der Waals surface area contributed by atoms with Crippen LogP contribution in [0.4, 0.5) is 8.78 Å². The third-order valence-corrected chi connectivity index (χ3v) is 3.64. The molecule has 2 aromatic rings. The van der Waals surface area contributed by atoms with Gasteiger partial charge in [0.2, 0.25) is 0 Å². The van der Waals surface area contributed by atoms with Gasteiger partial charge in [-0.1, -0.05) is 0 Å². The largest absolute Gasteiger partial charge is 0.396 e. The van der Waals surface area contributed by atoms with Crippen molar-refractivity contribution >= 4 is 11.2 Å². The summed E-state index contributed by atoms with van der Waals surface area (Å²) in [6.45, 7) is -0.551. The first-order valence-corrected chi connectivity index (χ1v) is 5.92. The molecule has 1 aliphatic rings. The van der Waals surface area contributed by atoms with E-state index in [-0.39, 0.29) is 18.4 Å². The molecule has 1 aliphatic carbocycles. The Kier molecular flexibility index (Phi) is 2.63. The van der Waals surface area contributed by atoms with Crippen molar-refractivity contribution in [2.75, 3.05) is 6.61 Å². The Bertz CT molecular complexity index is 666. The van der Waals surface area contributed by atoms with E-state index in [1.807, 2.05) is 0 Å². The lowest BCUT2D eigenvalue weighted by Gasteiger charge is -2.14. The van der Waals surface area contributed by atoms with Gasteiger partial charge in [0.15, 0.2) is 11.2 Å². The zero-order valence-corrected chi connectivity index (χ0v) is 9.88. The van der Waals surface area contributed by atoms with E-state index in [1.165, 1.54) is 17.2 Å². The van der Waals surface area contributed by atoms with E-state index in [1.54, 1.807) is 0 Å². The van der Waals surface area contributed by atoms with Crippen molar-refractivity contribution in [3.8, 4) is 0 Å². The quantitative estimate of drug-likeness (QED) is 0.841. The summed E-state index contributed by atoms with van der Waals surface area (Å²) in [4.78, 5) is 21.8. The zero-order valence-electron chi connectivity index (χ0n) is 9.88. The highest BCUT2D eigenvalue weighted by atomic mass is 19.3. The molecule has 0 saturated heterocycles. The molecular weight excluding hydrogens is 258 g/mol. The van der Waals surface area contributed by atoms with E-state index >= 15 is 0 Å². The smallest absolute Gasteiger partial charge is 0.278 e. The molecule has 6 nitrogen and oxygen atoms in total. The molecule has 1 saturated carbocycles. The molecule has 2 heterocycles. The number of H-pyrrole nitrogens is 1. The molecule has 0 aromatic carbocycles. The molecule has 2 atom stereocenters. The van der Waals surface area contributed by atoms with Crippen LogP contribution in [0, 0.1) is 5.92 Å². The van der Waals surface area contributed by atoms with E-state index in [4.69, 9.17) is 5.11 Å². The molecule has 102 valence electrons. The first-order valence-electron chi connectivity index (χ1n) is 5.92. The highest BCUT2D eigenvalue weighted by Crippen LogP contribution is 2.46. The van der Waals surface area contributed by atoms with Crippen molar-refractivity contribution in [2.24, 2.45) is 5.92 Å². The molecule has 0 spiro atoms. The summed E-state index contributed by atoms with van der Waals surface area (Å²) in [6, 6.07) is -0.508. The fourth-order valence-electron chi connectivity index (χ4n) is 2.62. The molecule has 8 heteroatoms. The van der Waals surface area contributed by atoms with Gasteiger partial charge in [-0.15, -0.1) is 0 Å². The highest BCUT2D eigenvalue weighted by Gasteiger charge is 2.49. The normalized spacial score (nSPS) is 26.1. The van der Waals surface area contributed by atoms with Crippen LogP contribution in [-0.4, -0.2) is 37.2 Å². The lowest BCUT2D eigenvalue weighted by atomic mass is 10.1. The van der Waals surface area contributed by atoms with Crippen LogP contribution in [0.2, 0.25) is 0 Å². The van der Waals surface area contributed by atoms with Crippen LogP contribution in [0.25, 0.3) is 11.2 Å². The third-order valence-electron chi connectivity index (χ3n) is 3.64. The predicted molar refractivity (Wildman–Crippen MR) is 61.9 cm³/mol. The standard InChI is InChI=1S/C11H12F2N4O2/c12-11(13)2-7(1-6(11)3-18)17-5-16-8-9(17)14-4-15-10(8)19/h4-7,18H,1-3H2,(H,14,15,19)/t6-,7-/m1/s1. The maximum atomic E-state index is 13.6. The Hall–Kier alpha value is -1.83. The van der Waals surface area contributed by atoms with Gasteiger partial charge >= 0.3 is 0 Å². The molecule has 2 aromatic heterocycles. The van der Waals surface area contributed by atoms with Crippen molar-refractivity contribution in [1.82, 2.24) is 19.5 Å². The molecule has 0 amide bonds. The number of rotatable bonds is 2. The SMILES string of the molecule is O=c1[nH]cnc2c1ncn2[C@@H]1C[C@H](CO)C(F)(F)C1. The number of fused-ring (bicyclic) bond motifs is 1. The van der Waals surface area contributed by atoms with Gasteiger partial charge in [0.1, 0.15) is 0 Å². The molecular formula is C11H12F2N4O2. The van der Waals surface area contributed by atoms with Gasteiger partial charge in [0, 0.05) is 18.4 Å². The maximum absolute atomic E-state index is 13.6. The van der Waals surface area contributed by atoms with E-state index in [0.717, 1.165) is 0 Å². The Morgan fingerprint density at radius 2 is 2.32 bits per heavy atom. The summed E-state index contributed by atoms with van der Waals surface area (Å²) >= 11 is 0. The number of hydrogen-bond donors (Lipinski definition) is 2. The zero-order chi connectivity index (χ0) is 13.6. The lowest BCUT2D eigenvalue weighted by Crippen LogP contribution is -2.24. The Morgan fingerprint density at radius 1 is 1.53 bits per heavy atom. The number of hydrogen-bond acceptors (Lipinski definition) is 4. The minimum absolute atomic E-state index is 0.137. The molecule has 0 bridgehead atoms.